The molecule has 0 saturated carbocycles. The Kier molecular flexibility index (Phi) is 4.56. The van der Waals surface area contributed by atoms with Crippen LogP contribution in [0.2, 0.25) is 0 Å². The zero-order chi connectivity index (χ0) is 15.4. The number of nitrogens with zero attached hydrogens (tertiary/aromatic N) is 2. The van der Waals surface area contributed by atoms with Crippen LogP contribution in [-0.2, 0) is 9.59 Å². The highest BCUT2D eigenvalue weighted by molar-refractivity contribution is 5.88. The van der Waals surface area contributed by atoms with Crippen LogP contribution in [0.4, 0.5) is 0 Å². The van der Waals surface area contributed by atoms with Gasteiger partial charge in [-0.2, -0.15) is 0 Å². The zero-order valence-corrected chi connectivity index (χ0v) is 12.5. The molecule has 6 heteroatoms. The van der Waals surface area contributed by atoms with Gasteiger partial charge in [0.15, 0.2) is 0 Å². The quantitative estimate of drug-likeness (QED) is 0.908. The van der Waals surface area contributed by atoms with Crippen molar-refractivity contribution >= 4 is 11.8 Å². The molecule has 2 atom stereocenters. The van der Waals surface area contributed by atoms with E-state index in [0.29, 0.717) is 19.5 Å². The van der Waals surface area contributed by atoms with E-state index in [0.717, 1.165) is 31.4 Å². The molecule has 0 aromatic carbocycles. The van der Waals surface area contributed by atoms with Crippen LogP contribution in [0.5, 0.6) is 5.75 Å². The molecule has 0 unspecified atom stereocenters. The summed E-state index contributed by atoms with van der Waals surface area (Å²) in [6.07, 6.45) is 7.21. The number of hydrogen-bond acceptors (Lipinski definition) is 4. The molecule has 3 rings (SSSR count). The number of carbonyl (C=O) groups is 2. The van der Waals surface area contributed by atoms with E-state index in [1.54, 1.807) is 17.3 Å². The van der Waals surface area contributed by atoms with Crippen LogP contribution in [0.3, 0.4) is 0 Å². The predicted molar refractivity (Wildman–Crippen MR) is 80.2 cm³/mol. The number of amides is 2. The van der Waals surface area contributed by atoms with E-state index in [1.165, 1.54) is 0 Å². The van der Waals surface area contributed by atoms with Crippen LogP contribution in [0, 0.1) is 0 Å². The van der Waals surface area contributed by atoms with E-state index in [-0.39, 0.29) is 24.0 Å². The third-order valence-electron chi connectivity index (χ3n) is 4.17. The normalized spacial score (nSPS) is 25.5. The third kappa shape index (κ3) is 3.55. The van der Waals surface area contributed by atoms with Gasteiger partial charge in [-0.3, -0.25) is 14.6 Å². The van der Waals surface area contributed by atoms with Gasteiger partial charge in [-0.1, -0.05) is 6.42 Å². The monoisotopic (exact) mass is 303 g/mol. The first kappa shape index (κ1) is 14.8. The van der Waals surface area contributed by atoms with Crippen LogP contribution >= 0.6 is 0 Å². The standard InChI is InChI=1S/C16H21N3O3/c20-15-6-2-1-5-14(18-15)16(21)19-9-7-13(11-19)22-12-4-3-8-17-10-12/h3-4,8,10,13-14H,1-2,5-7,9,11H2,(H,18,20)/t13-,14-/m0/s1. The Morgan fingerprint density at radius 2 is 2.27 bits per heavy atom. The van der Waals surface area contributed by atoms with E-state index < -0.39 is 0 Å². The number of carbonyl (C=O) groups excluding carboxylic acids is 2. The van der Waals surface area contributed by atoms with Crippen LogP contribution < -0.4 is 10.1 Å². The minimum atomic E-state index is -0.368. The summed E-state index contributed by atoms with van der Waals surface area (Å²) in [4.78, 5) is 30.0. The number of hydrogen-bond donors (Lipinski definition) is 1. The average molecular weight is 303 g/mol. The molecule has 0 spiro atoms. The SMILES string of the molecule is O=C1CCCC[C@@H](C(=O)N2CC[C@H](Oc3cccnc3)C2)N1. The lowest BCUT2D eigenvalue weighted by Gasteiger charge is -2.23. The van der Waals surface area contributed by atoms with E-state index in [4.69, 9.17) is 4.74 Å². The Balaban J connectivity index is 1.55. The van der Waals surface area contributed by atoms with Gasteiger partial charge in [0.05, 0.1) is 12.7 Å². The highest BCUT2D eigenvalue weighted by Crippen LogP contribution is 2.19. The van der Waals surface area contributed by atoms with Gasteiger partial charge in [0.25, 0.3) is 0 Å². The summed E-state index contributed by atoms with van der Waals surface area (Å²) in [6, 6.07) is 3.32. The summed E-state index contributed by atoms with van der Waals surface area (Å²) < 4.78 is 5.85. The van der Waals surface area contributed by atoms with Crippen LogP contribution in [0.15, 0.2) is 24.5 Å². The van der Waals surface area contributed by atoms with Gasteiger partial charge in [0.2, 0.25) is 11.8 Å². The lowest BCUT2D eigenvalue weighted by molar-refractivity contribution is -0.135. The van der Waals surface area contributed by atoms with Crippen molar-refractivity contribution in [3.05, 3.63) is 24.5 Å². The molecule has 6 nitrogen and oxygen atoms in total. The largest absolute Gasteiger partial charge is 0.487 e. The minimum Gasteiger partial charge on any atom is -0.487 e. The Labute approximate surface area is 129 Å². The average Bonchev–Trinajstić information content (AvgIpc) is 2.88. The fourth-order valence-electron chi connectivity index (χ4n) is 3.01. The van der Waals surface area contributed by atoms with Crippen molar-refractivity contribution in [2.45, 2.75) is 44.2 Å². The van der Waals surface area contributed by atoms with Crippen molar-refractivity contribution in [3.8, 4) is 5.75 Å². The maximum absolute atomic E-state index is 12.5. The summed E-state index contributed by atoms with van der Waals surface area (Å²) in [5, 5.41) is 2.84. The molecule has 3 heterocycles. The topological polar surface area (TPSA) is 71.5 Å². The maximum Gasteiger partial charge on any atom is 0.245 e. The molecule has 2 aliphatic rings. The molecule has 2 saturated heterocycles. The molecule has 0 bridgehead atoms. The smallest absolute Gasteiger partial charge is 0.245 e. The minimum absolute atomic E-state index is 0.00497. The summed E-state index contributed by atoms with van der Waals surface area (Å²) in [5.74, 6) is 0.732. The summed E-state index contributed by atoms with van der Waals surface area (Å²) in [7, 11) is 0. The second-order valence-corrected chi connectivity index (χ2v) is 5.87. The number of rotatable bonds is 3. The number of aromatic nitrogens is 1. The number of nitrogens with one attached hydrogen (secondary N) is 1. The van der Waals surface area contributed by atoms with Gasteiger partial charge in [0, 0.05) is 25.6 Å². The Morgan fingerprint density at radius 3 is 3.09 bits per heavy atom. The van der Waals surface area contributed by atoms with Crippen molar-refractivity contribution in [1.29, 1.82) is 0 Å². The molecular weight excluding hydrogens is 282 g/mol. The van der Waals surface area contributed by atoms with Gasteiger partial charge in [-0.05, 0) is 25.0 Å². The Morgan fingerprint density at radius 1 is 1.36 bits per heavy atom. The van der Waals surface area contributed by atoms with Crippen molar-refractivity contribution in [3.63, 3.8) is 0 Å². The molecular formula is C16H21N3O3. The number of likely N-dealkylation sites (tertiary alicyclic amines) is 1. The number of pyridine rings is 1. The molecule has 2 fully saturated rings. The van der Waals surface area contributed by atoms with E-state index >= 15 is 0 Å². The van der Waals surface area contributed by atoms with Crippen LogP contribution in [-0.4, -0.2) is 46.9 Å². The second kappa shape index (κ2) is 6.77. The fourth-order valence-corrected chi connectivity index (χ4v) is 3.01. The molecule has 1 aromatic rings. The van der Waals surface area contributed by atoms with Crippen molar-refractivity contribution in [1.82, 2.24) is 15.2 Å². The van der Waals surface area contributed by atoms with E-state index in [9.17, 15) is 9.59 Å². The highest BCUT2D eigenvalue weighted by Gasteiger charge is 2.33. The first-order valence-electron chi connectivity index (χ1n) is 7.87. The Bertz CT molecular complexity index is 535. The Hall–Kier alpha value is -2.11. The molecule has 1 N–H and O–H groups in total. The predicted octanol–water partition coefficient (Wildman–Crippen LogP) is 1.12. The van der Waals surface area contributed by atoms with Gasteiger partial charge in [0.1, 0.15) is 17.9 Å². The molecule has 0 aliphatic carbocycles. The van der Waals surface area contributed by atoms with Gasteiger partial charge in [-0.15, -0.1) is 0 Å². The van der Waals surface area contributed by atoms with Crippen molar-refractivity contribution < 1.29 is 14.3 Å². The number of ether oxygens (including phenoxy) is 1. The first-order chi connectivity index (χ1) is 10.7. The molecule has 2 amide bonds. The summed E-state index contributed by atoms with van der Waals surface area (Å²) in [5.41, 5.74) is 0. The molecule has 1 aromatic heterocycles. The highest BCUT2D eigenvalue weighted by atomic mass is 16.5. The van der Waals surface area contributed by atoms with Crippen LogP contribution in [0.1, 0.15) is 32.1 Å². The van der Waals surface area contributed by atoms with Crippen molar-refractivity contribution in [2.75, 3.05) is 13.1 Å². The second-order valence-electron chi connectivity index (χ2n) is 5.87. The maximum atomic E-state index is 12.5. The first-order valence-corrected chi connectivity index (χ1v) is 7.87. The molecule has 118 valence electrons. The molecule has 0 radical (unpaired) electrons. The van der Waals surface area contributed by atoms with Crippen LogP contribution in [0.25, 0.3) is 0 Å². The fraction of sp³-hybridized carbons (Fsp3) is 0.562. The van der Waals surface area contributed by atoms with E-state index in [1.807, 2.05) is 12.1 Å². The third-order valence-corrected chi connectivity index (χ3v) is 4.17. The molecule has 22 heavy (non-hydrogen) atoms. The summed E-state index contributed by atoms with van der Waals surface area (Å²) >= 11 is 0. The van der Waals surface area contributed by atoms with Gasteiger partial charge < -0.3 is 15.0 Å². The van der Waals surface area contributed by atoms with Crippen molar-refractivity contribution in [2.24, 2.45) is 0 Å². The van der Waals surface area contributed by atoms with E-state index in [2.05, 4.69) is 10.3 Å². The molecule has 2 aliphatic heterocycles. The lowest BCUT2D eigenvalue weighted by atomic mass is 10.1. The summed E-state index contributed by atoms with van der Waals surface area (Å²) in [6.45, 7) is 1.25. The lowest BCUT2D eigenvalue weighted by Crippen LogP contribution is -2.47. The van der Waals surface area contributed by atoms with Gasteiger partial charge >= 0.3 is 0 Å². The zero-order valence-electron chi connectivity index (χ0n) is 12.5. The van der Waals surface area contributed by atoms with Gasteiger partial charge in [-0.25, -0.2) is 0 Å².